The maximum Gasteiger partial charge on any atom is 0.410 e. The van der Waals surface area contributed by atoms with Crippen LogP contribution in [0.25, 0.3) is 6.08 Å². The summed E-state index contributed by atoms with van der Waals surface area (Å²) in [5, 5.41) is 6.60. The smallest absolute Gasteiger partial charge is 0.410 e. The van der Waals surface area contributed by atoms with Crippen molar-refractivity contribution in [3.8, 4) is 0 Å². The molecular formula is C17H24N4O4. The lowest BCUT2D eigenvalue weighted by Crippen LogP contribution is -2.51. The van der Waals surface area contributed by atoms with Gasteiger partial charge in [0.1, 0.15) is 5.60 Å². The SMILES string of the molecule is C=Nc1[nH]nc(C(=O)OC)c1/C=C(\C)C1CN(C(=O)OC(C)(C)C)C1. The van der Waals surface area contributed by atoms with E-state index in [4.69, 9.17) is 9.47 Å². The van der Waals surface area contributed by atoms with Crippen molar-refractivity contribution in [3.63, 3.8) is 0 Å². The molecule has 0 saturated carbocycles. The van der Waals surface area contributed by atoms with Gasteiger partial charge in [-0.2, -0.15) is 5.10 Å². The van der Waals surface area contributed by atoms with Crippen LogP contribution in [0.4, 0.5) is 10.6 Å². The number of aliphatic imine (C=N–C) groups is 1. The zero-order chi connectivity index (χ0) is 18.8. The molecule has 8 nitrogen and oxygen atoms in total. The van der Waals surface area contributed by atoms with Crippen molar-refractivity contribution in [1.29, 1.82) is 0 Å². The van der Waals surface area contributed by atoms with Crippen molar-refractivity contribution in [1.82, 2.24) is 15.1 Å². The van der Waals surface area contributed by atoms with Gasteiger partial charge in [0, 0.05) is 19.0 Å². The van der Waals surface area contributed by atoms with Crippen LogP contribution < -0.4 is 0 Å². The first-order valence-electron chi connectivity index (χ1n) is 7.95. The third-order valence-corrected chi connectivity index (χ3v) is 3.87. The van der Waals surface area contributed by atoms with Gasteiger partial charge < -0.3 is 14.4 Å². The van der Waals surface area contributed by atoms with Crippen LogP contribution in [0.1, 0.15) is 43.7 Å². The van der Waals surface area contributed by atoms with Crippen molar-refractivity contribution in [2.45, 2.75) is 33.3 Å². The van der Waals surface area contributed by atoms with Crippen molar-refractivity contribution < 1.29 is 19.1 Å². The topological polar surface area (TPSA) is 96.9 Å². The van der Waals surface area contributed by atoms with Gasteiger partial charge in [0.05, 0.1) is 12.7 Å². The minimum Gasteiger partial charge on any atom is -0.464 e. The maximum absolute atomic E-state index is 12.0. The summed E-state index contributed by atoms with van der Waals surface area (Å²) in [5.41, 5.74) is 1.20. The first kappa shape index (κ1) is 18.7. The van der Waals surface area contributed by atoms with Crippen LogP contribution in [0.5, 0.6) is 0 Å². The van der Waals surface area contributed by atoms with E-state index in [1.807, 2.05) is 33.8 Å². The Labute approximate surface area is 146 Å². The highest BCUT2D eigenvalue weighted by Crippen LogP contribution is 2.30. The molecule has 1 aromatic heterocycles. The Morgan fingerprint density at radius 2 is 2.04 bits per heavy atom. The number of nitrogens with zero attached hydrogens (tertiary/aromatic N) is 3. The van der Waals surface area contributed by atoms with E-state index in [9.17, 15) is 9.59 Å². The second-order valence-electron chi connectivity index (χ2n) is 6.95. The summed E-state index contributed by atoms with van der Waals surface area (Å²) in [4.78, 5) is 29.3. The number of hydrogen-bond acceptors (Lipinski definition) is 6. The van der Waals surface area contributed by atoms with Gasteiger partial charge in [-0.05, 0) is 40.5 Å². The highest BCUT2D eigenvalue weighted by molar-refractivity contribution is 5.93. The highest BCUT2D eigenvalue weighted by Gasteiger charge is 2.34. The summed E-state index contributed by atoms with van der Waals surface area (Å²) in [6, 6.07) is 0. The molecule has 2 heterocycles. The van der Waals surface area contributed by atoms with E-state index in [2.05, 4.69) is 21.9 Å². The fraction of sp³-hybridized carbons (Fsp3) is 0.529. The summed E-state index contributed by atoms with van der Waals surface area (Å²) < 4.78 is 10.1. The van der Waals surface area contributed by atoms with Gasteiger partial charge >= 0.3 is 12.1 Å². The normalized spacial score (nSPS) is 15.6. The van der Waals surface area contributed by atoms with Crippen molar-refractivity contribution in [2.75, 3.05) is 20.2 Å². The van der Waals surface area contributed by atoms with Crippen LogP contribution in [-0.2, 0) is 9.47 Å². The van der Waals surface area contributed by atoms with Crippen LogP contribution >= 0.6 is 0 Å². The molecule has 0 aromatic carbocycles. The van der Waals surface area contributed by atoms with Gasteiger partial charge in [0.25, 0.3) is 0 Å². The molecule has 1 aromatic rings. The first-order valence-corrected chi connectivity index (χ1v) is 7.95. The van der Waals surface area contributed by atoms with Gasteiger partial charge in [-0.1, -0.05) is 5.57 Å². The number of methoxy groups -OCH3 is 1. The Morgan fingerprint density at radius 1 is 1.40 bits per heavy atom. The zero-order valence-corrected chi connectivity index (χ0v) is 15.3. The molecule has 1 saturated heterocycles. The van der Waals surface area contributed by atoms with Crippen LogP contribution in [0.2, 0.25) is 0 Å². The molecule has 0 aliphatic carbocycles. The Morgan fingerprint density at radius 3 is 2.56 bits per heavy atom. The van der Waals surface area contributed by atoms with E-state index in [-0.39, 0.29) is 17.7 Å². The summed E-state index contributed by atoms with van der Waals surface area (Å²) in [5.74, 6) is 0.0443. The largest absolute Gasteiger partial charge is 0.464 e. The van der Waals surface area contributed by atoms with Crippen LogP contribution in [0.15, 0.2) is 10.6 Å². The van der Waals surface area contributed by atoms with Crippen LogP contribution in [0.3, 0.4) is 0 Å². The molecule has 1 fully saturated rings. The fourth-order valence-electron chi connectivity index (χ4n) is 2.44. The van der Waals surface area contributed by atoms with Crippen molar-refractivity contribution >= 4 is 30.7 Å². The predicted molar refractivity (Wildman–Crippen MR) is 94.1 cm³/mol. The second kappa shape index (κ2) is 7.08. The lowest BCUT2D eigenvalue weighted by molar-refractivity contribution is 0.00381. The van der Waals surface area contributed by atoms with Gasteiger partial charge in [-0.3, -0.25) is 5.10 Å². The minimum absolute atomic E-state index is 0.160. The minimum atomic E-state index is -0.547. The number of esters is 1. The van der Waals surface area contributed by atoms with E-state index < -0.39 is 11.6 Å². The molecule has 1 aliphatic rings. The third kappa shape index (κ3) is 4.26. The number of amides is 1. The molecule has 0 radical (unpaired) electrons. The van der Waals surface area contributed by atoms with E-state index in [1.165, 1.54) is 7.11 Å². The number of likely N-dealkylation sites (tertiary alicyclic amines) is 1. The Balaban J connectivity index is 2.09. The van der Waals surface area contributed by atoms with Gasteiger partial charge in [-0.25, -0.2) is 14.6 Å². The Hall–Kier alpha value is -2.64. The summed E-state index contributed by atoms with van der Waals surface area (Å²) in [6.07, 6.45) is 1.51. The summed E-state index contributed by atoms with van der Waals surface area (Å²) >= 11 is 0. The van der Waals surface area contributed by atoms with Gasteiger partial charge in [-0.15, -0.1) is 0 Å². The molecule has 0 spiro atoms. The summed E-state index contributed by atoms with van der Waals surface area (Å²) in [6.45, 7) is 12.1. The number of aromatic nitrogens is 2. The lowest BCUT2D eigenvalue weighted by Gasteiger charge is -2.40. The molecule has 136 valence electrons. The van der Waals surface area contributed by atoms with Gasteiger partial charge in [0.2, 0.25) is 0 Å². The molecule has 0 bridgehead atoms. The molecule has 0 atom stereocenters. The molecule has 25 heavy (non-hydrogen) atoms. The fourth-order valence-corrected chi connectivity index (χ4v) is 2.44. The number of ether oxygens (including phenoxy) is 2. The number of nitrogens with one attached hydrogen (secondary N) is 1. The third-order valence-electron chi connectivity index (χ3n) is 3.87. The maximum atomic E-state index is 12.0. The molecule has 1 N–H and O–H groups in total. The van der Waals surface area contributed by atoms with E-state index >= 15 is 0 Å². The van der Waals surface area contributed by atoms with Crippen LogP contribution in [-0.4, -0.2) is 59.7 Å². The summed E-state index contributed by atoms with van der Waals surface area (Å²) in [7, 11) is 1.29. The Kier molecular flexibility index (Phi) is 5.30. The van der Waals surface area contributed by atoms with E-state index in [0.29, 0.717) is 24.5 Å². The van der Waals surface area contributed by atoms with Crippen molar-refractivity contribution in [3.05, 3.63) is 16.8 Å². The van der Waals surface area contributed by atoms with Crippen LogP contribution in [0, 0.1) is 5.92 Å². The molecule has 8 heteroatoms. The number of carbonyl (C=O) groups is 2. The zero-order valence-electron chi connectivity index (χ0n) is 15.3. The first-order chi connectivity index (χ1) is 11.7. The quantitative estimate of drug-likeness (QED) is 0.666. The van der Waals surface area contributed by atoms with Crippen molar-refractivity contribution in [2.24, 2.45) is 10.9 Å². The number of carbonyl (C=O) groups excluding carboxylic acids is 2. The molecule has 1 amide bonds. The van der Waals surface area contributed by atoms with Gasteiger partial charge in [0.15, 0.2) is 11.5 Å². The lowest BCUT2D eigenvalue weighted by atomic mass is 9.91. The second-order valence-corrected chi connectivity index (χ2v) is 6.95. The average molecular weight is 348 g/mol. The average Bonchev–Trinajstić information content (AvgIpc) is 2.85. The Bertz CT molecular complexity index is 709. The molecule has 1 aliphatic heterocycles. The van der Waals surface area contributed by atoms with E-state index in [1.54, 1.807) is 4.90 Å². The highest BCUT2D eigenvalue weighted by atomic mass is 16.6. The molecule has 2 rings (SSSR count). The number of aromatic amines is 1. The molecule has 0 unspecified atom stereocenters. The number of hydrogen-bond donors (Lipinski definition) is 1. The number of H-pyrrole nitrogens is 1. The molecular weight excluding hydrogens is 324 g/mol. The number of rotatable bonds is 4. The monoisotopic (exact) mass is 348 g/mol. The predicted octanol–water partition coefficient (Wildman–Crippen LogP) is 2.80. The standard InChI is InChI=1S/C17H24N4O4/c1-10(11-8-21(9-11)16(23)25-17(2,3)4)7-12-13(15(22)24-6)19-20-14(12)18-5/h7,11H,5,8-9H2,1-4,6H3,(H,19,20)/b10-7+. The van der Waals surface area contributed by atoms with E-state index in [0.717, 1.165) is 5.57 Å².